The van der Waals surface area contributed by atoms with Gasteiger partial charge < -0.3 is 15.7 Å². The van der Waals surface area contributed by atoms with Gasteiger partial charge in [0.2, 0.25) is 5.91 Å². The van der Waals surface area contributed by atoms with Crippen LogP contribution in [-0.4, -0.2) is 35.2 Å². The van der Waals surface area contributed by atoms with Crippen molar-refractivity contribution in [2.24, 2.45) is 0 Å². The molecule has 1 amide bonds. The van der Waals surface area contributed by atoms with Gasteiger partial charge in [-0.1, -0.05) is 20.8 Å². The van der Waals surface area contributed by atoms with Crippen molar-refractivity contribution in [1.82, 2.24) is 10.6 Å². The highest BCUT2D eigenvalue weighted by Crippen LogP contribution is 2.14. The lowest BCUT2D eigenvalue weighted by atomic mass is 9.93. The van der Waals surface area contributed by atoms with Crippen molar-refractivity contribution in [3.05, 3.63) is 0 Å². The number of nitrogens with one attached hydrogen (secondary N) is 2. The molecule has 0 saturated carbocycles. The molecule has 0 rings (SSSR count). The monoisotopic (exact) mass is 258 g/mol. The van der Waals surface area contributed by atoms with Crippen molar-refractivity contribution in [1.29, 1.82) is 0 Å². The van der Waals surface area contributed by atoms with Crippen LogP contribution < -0.4 is 10.6 Å². The molecule has 4 nitrogen and oxygen atoms in total. The van der Waals surface area contributed by atoms with Gasteiger partial charge >= 0.3 is 0 Å². The summed E-state index contributed by atoms with van der Waals surface area (Å²) in [5.41, 5.74) is -0.181. The van der Waals surface area contributed by atoms with Crippen LogP contribution in [-0.2, 0) is 4.79 Å². The summed E-state index contributed by atoms with van der Waals surface area (Å²) >= 11 is 0. The molecular formula is C14H30N2O2. The topological polar surface area (TPSA) is 61.4 Å². The number of hydrogen-bond acceptors (Lipinski definition) is 3. The first-order chi connectivity index (χ1) is 8.42. The van der Waals surface area contributed by atoms with E-state index in [1.54, 1.807) is 0 Å². The minimum Gasteiger partial charge on any atom is -0.396 e. The number of carbonyl (C=O) groups is 1. The van der Waals surface area contributed by atoms with E-state index in [0.717, 1.165) is 19.3 Å². The Morgan fingerprint density at radius 2 is 1.83 bits per heavy atom. The van der Waals surface area contributed by atoms with Gasteiger partial charge in [-0.25, -0.2) is 0 Å². The Kier molecular flexibility index (Phi) is 8.20. The van der Waals surface area contributed by atoms with E-state index in [-0.39, 0.29) is 30.1 Å². The van der Waals surface area contributed by atoms with Gasteiger partial charge in [-0.05, 0) is 39.5 Å². The average Bonchev–Trinajstić information content (AvgIpc) is 2.35. The molecular weight excluding hydrogens is 228 g/mol. The molecule has 0 heterocycles. The Balaban J connectivity index is 4.37. The number of aliphatic hydroxyl groups is 1. The highest BCUT2D eigenvalue weighted by atomic mass is 16.3. The van der Waals surface area contributed by atoms with Gasteiger partial charge in [-0.15, -0.1) is 0 Å². The fraction of sp³-hybridized carbons (Fsp3) is 0.929. The molecule has 0 saturated heterocycles. The molecule has 0 fully saturated rings. The van der Waals surface area contributed by atoms with E-state index >= 15 is 0 Å². The lowest BCUT2D eigenvalue weighted by molar-refractivity contribution is -0.124. The summed E-state index contributed by atoms with van der Waals surface area (Å²) in [5, 5.41) is 15.4. The van der Waals surface area contributed by atoms with Crippen LogP contribution in [0.1, 0.15) is 60.3 Å². The average molecular weight is 258 g/mol. The van der Waals surface area contributed by atoms with E-state index in [0.29, 0.717) is 6.42 Å². The van der Waals surface area contributed by atoms with E-state index in [9.17, 15) is 4.79 Å². The molecule has 18 heavy (non-hydrogen) atoms. The molecule has 3 N–H and O–H groups in total. The van der Waals surface area contributed by atoms with Crippen LogP contribution >= 0.6 is 0 Å². The summed E-state index contributed by atoms with van der Waals surface area (Å²) in [7, 11) is 0. The molecule has 0 aromatic carbocycles. The third-order valence-corrected chi connectivity index (χ3v) is 3.73. The first kappa shape index (κ1) is 17.4. The van der Waals surface area contributed by atoms with Crippen LogP contribution in [0.4, 0.5) is 0 Å². The van der Waals surface area contributed by atoms with Crippen molar-refractivity contribution in [3.8, 4) is 0 Å². The standard InChI is InChI=1S/C14H30N2O2/c1-6-12(7-2)15-13(18)11(4)16-14(5,8-3)9-10-17/h11-12,16-17H,6-10H2,1-5H3,(H,15,18). The Labute approximate surface area is 112 Å². The molecule has 0 bridgehead atoms. The largest absolute Gasteiger partial charge is 0.396 e. The van der Waals surface area contributed by atoms with Gasteiger partial charge in [-0.2, -0.15) is 0 Å². The van der Waals surface area contributed by atoms with Gasteiger partial charge in [0.25, 0.3) is 0 Å². The molecule has 0 aromatic heterocycles. The van der Waals surface area contributed by atoms with Gasteiger partial charge in [0.1, 0.15) is 0 Å². The van der Waals surface area contributed by atoms with Crippen molar-refractivity contribution in [2.75, 3.05) is 6.61 Å². The zero-order valence-corrected chi connectivity index (χ0v) is 12.5. The van der Waals surface area contributed by atoms with E-state index in [1.807, 2.05) is 13.8 Å². The summed E-state index contributed by atoms with van der Waals surface area (Å²) < 4.78 is 0. The van der Waals surface area contributed by atoms with Crippen LogP contribution in [0.3, 0.4) is 0 Å². The number of carbonyl (C=O) groups excluding carboxylic acids is 1. The number of rotatable bonds is 9. The van der Waals surface area contributed by atoms with E-state index in [1.165, 1.54) is 0 Å². The molecule has 2 unspecified atom stereocenters. The van der Waals surface area contributed by atoms with Crippen LogP contribution in [0.5, 0.6) is 0 Å². The Bertz CT molecular complexity index is 242. The van der Waals surface area contributed by atoms with E-state index < -0.39 is 0 Å². The normalized spacial score (nSPS) is 16.4. The molecule has 0 aliphatic rings. The fourth-order valence-corrected chi connectivity index (χ4v) is 2.00. The highest BCUT2D eigenvalue weighted by molar-refractivity contribution is 5.81. The SMILES string of the molecule is CCC(CC)NC(=O)C(C)NC(C)(CC)CCO. The van der Waals surface area contributed by atoms with Gasteiger partial charge in [0.05, 0.1) is 6.04 Å². The quantitative estimate of drug-likeness (QED) is 0.591. The van der Waals surface area contributed by atoms with E-state index in [2.05, 4.69) is 31.4 Å². The van der Waals surface area contributed by atoms with Gasteiger partial charge in [0, 0.05) is 18.2 Å². The third-order valence-electron chi connectivity index (χ3n) is 3.73. The lowest BCUT2D eigenvalue weighted by Crippen LogP contribution is -2.54. The smallest absolute Gasteiger partial charge is 0.237 e. The summed E-state index contributed by atoms with van der Waals surface area (Å²) in [6.07, 6.45) is 3.45. The maximum absolute atomic E-state index is 12.0. The zero-order chi connectivity index (χ0) is 14.2. The first-order valence-corrected chi connectivity index (χ1v) is 7.11. The first-order valence-electron chi connectivity index (χ1n) is 7.11. The van der Waals surface area contributed by atoms with Crippen LogP contribution in [0, 0.1) is 0 Å². The molecule has 0 aliphatic carbocycles. The minimum atomic E-state index is -0.234. The van der Waals surface area contributed by atoms with Gasteiger partial charge in [-0.3, -0.25) is 4.79 Å². The summed E-state index contributed by atoms with van der Waals surface area (Å²) in [6.45, 7) is 10.3. The van der Waals surface area contributed by atoms with Crippen LogP contribution in [0.25, 0.3) is 0 Å². The molecule has 0 aromatic rings. The predicted octanol–water partition coefficient (Wildman–Crippen LogP) is 1.82. The highest BCUT2D eigenvalue weighted by Gasteiger charge is 2.26. The lowest BCUT2D eigenvalue weighted by Gasteiger charge is -2.32. The Morgan fingerprint density at radius 3 is 2.22 bits per heavy atom. The van der Waals surface area contributed by atoms with Crippen molar-refractivity contribution in [2.45, 2.75) is 77.9 Å². The van der Waals surface area contributed by atoms with Gasteiger partial charge in [0.15, 0.2) is 0 Å². The molecule has 0 aliphatic heterocycles. The maximum Gasteiger partial charge on any atom is 0.237 e. The fourth-order valence-electron chi connectivity index (χ4n) is 2.00. The predicted molar refractivity (Wildman–Crippen MR) is 75.5 cm³/mol. The summed E-state index contributed by atoms with van der Waals surface area (Å²) in [5.74, 6) is 0.0429. The Hall–Kier alpha value is -0.610. The number of amides is 1. The van der Waals surface area contributed by atoms with Crippen LogP contribution in [0.15, 0.2) is 0 Å². The molecule has 0 radical (unpaired) electrons. The summed E-state index contributed by atoms with van der Waals surface area (Å²) in [4.78, 5) is 12.0. The third kappa shape index (κ3) is 5.83. The molecule has 108 valence electrons. The second kappa shape index (κ2) is 8.48. The Morgan fingerprint density at radius 1 is 1.28 bits per heavy atom. The number of hydrogen-bond donors (Lipinski definition) is 3. The van der Waals surface area contributed by atoms with Crippen molar-refractivity contribution >= 4 is 5.91 Å². The second-order valence-electron chi connectivity index (χ2n) is 5.28. The minimum absolute atomic E-state index is 0.0429. The van der Waals surface area contributed by atoms with Crippen molar-refractivity contribution in [3.63, 3.8) is 0 Å². The second-order valence-corrected chi connectivity index (χ2v) is 5.28. The number of aliphatic hydroxyl groups excluding tert-OH is 1. The summed E-state index contributed by atoms with van der Waals surface area (Å²) in [6, 6.07) is 0.0228. The molecule has 2 atom stereocenters. The van der Waals surface area contributed by atoms with Crippen molar-refractivity contribution < 1.29 is 9.90 Å². The molecule has 4 heteroatoms. The molecule has 0 spiro atoms. The van der Waals surface area contributed by atoms with E-state index in [4.69, 9.17) is 5.11 Å². The zero-order valence-electron chi connectivity index (χ0n) is 12.5. The maximum atomic E-state index is 12.0. The van der Waals surface area contributed by atoms with Crippen LogP contribution in [0.2, 0.25) is 0 Å².